The quantitative estimate of drug-likeness (QED) is 0.400. The van der Waals surface area contributed by atoms with Gasteiger partial charge in [-0.15, -0.1) is 0 Å². The molecule has 1 fully saturated rings. The monoisotopic (exact) mass is 361 g/mol. The van der Waals surface area contributed by atoms with Gasteiger partial charge in [-0.25, -0.2) is 14.8 Å². The number of carbonyl (C=O) groups is 1. The number of nitrogens with one attached hydrogen (secondary N) is 4. The minimum atomic E-state index is -0.309. The van der Waals surface area contributed by atoms with Gasteiger partial charge in [-0.2, -0.15) is 0 Å². The average molecular weight is 361 g/mol. The number of aromatic nitrogens is 2. The molecule has 1 aromatic rings. The van der Waals surface area contributed by atoms with Crippen molar-refractivity contribution in [2.75, 3.05) is 43.4 Å². The van der Waals surface area contributed by atoms with Gasteiger partial charge in [0, 0.05) is 25.8 Å². The normalized spacial score (nSPS) is 15.1. The van der Waals surface area contributed by atoms with Crippen molar-refractivity contribution < 1.29 is 4.79 Å². The molecule has 0 atom stereocenters. The summed E-state index contributed by atoms with van der Waals surface area (Å²) in [6.07, 6.45) is 9.70. The van der Waals surface area contributed by atoms with Gasteiger partial charge >= 0.3 is 6.03 Å². The molecule has 1 aliphatic rings. The van der Waals surface area contributed by atoms with Crippen LogP contribution in [0.25, 0.3) is 0 Å². The number of hydrogen-bond donors (Lipinski definition) is 4. The van der Waals surface area contributed by atoms with Crippen molar-refractivity contribution in [2.45, 2.75) is 45.4 Å². The molecule has 0 aliphatic carbocycles. The maximum absolute atomic E-state index is 11.9. The number of nitrogens with zero attached hydrogens (tertiary/aromatic N) is 3. The first kappa shape index (κ1) is 20.1. The van der Waals surface area contributed by atoms with Crippen LogP contribution in [0.2, 0.25) is 0 Å². The molecule has 144 valence electrons. The lowest BCUT2D eigenvalue weighted by molar-refractivity contribution is 0.252. The zero-order chi connectivity index (χ0) is 18.6. The first-order valence-electron chi connectivity index (χ1n) is 9.61. The lowest BCUT2D eigenvalue weighted by atomic mass is 10.2. The summed E-state index contributed by atoms with van der Waals surface area (Å²) in [6.45, 7) is 6.68. The van der Waals surface area contributed by atoms with Crippen LogP contribution < -0.4 is 16.0 Å². The van der Waals surface area contributed by atoms with E-state index in [0.29, 0.717) is 23.7 Å². The third kappa shape index (κ3) is 6.59. The predicted molar refractivity (Wildman–Crippen MR) is 105 cm³/mol. The molecular formula is C18H31N7O. The second-order valence-corrected chi connectivity index (χ2v) is 6.55. The van der Waals surface area contributed by atoms with Crippen molar-refractivity contribution in [3.8, 4) is 0 Å². The van der Waals surface area contributed by atoms with E-state index in [0.717, 1.165) is 39.0 Å². The number of urea groups is 1. The van der Waals surface area contributed by atoms with Crippen LogP contribution in [-0.4, -0.2) is 59.8 Å². The molecule has 0 radical (unpaired) electrons. The topological polar surface area (TPSA) is 106 Å². The Kier molecular flexibility index (Phi) is 8.82. The van der Waals surface area contributed by atoms with E-state index in [9.17, 15) is 4.79 Å². The maximum Gasteiger partial charge on any atom is 0.320 e. The Morgan fingerprint density at radius 1 is 1.19 bits per heavy atom. The van der Waals surface area contributed by atoms with Gasteiger partial charge in [-0.05, 0) is 32.4 Å². The second kappa shape index (κ2) is 11.4. The minimum Gasteiger partial charge on any atom is -0.368 e. The molecule has 2 heterocycles. The highest BCUT2D eigenvalue weighted by molar-refractivity contribution is 5.97. The highest BCUT2D eigenvalue weighted by atomic mass is 16.2. The van der Waals surface area contributed by atoms with E-state index in [-0.39, 0.29) is 6.03 Å². The highest BCUT2D eigenvalue weighted by Crippen LogP contribution is 2.17. The smallest absolute Gasteiger partial charge is 0.320 e. The molecular weight excluding hydrogens is 330 g/mol. The molecule has 0 bridgehead atoms. The van der Waals surface area contributed by atoms with Crippen molar-refractivity contribution in [3.05, 3.63) is 11.9 Å². The molecule has 1 saturated heterocycles. The Balaban J connectivity index is 1.89. The molecule has 1 aliphatic heterocycles. The van der Waals surface area contributed by atoms with E-state index < -0.39 is 0 Å². The fraction of sp³-hybridized carbons (Fsp3) is 0.667. The fourth-order valence-electron chi connectivity index (χ4n) is 3.00. The van der Waals surface area contributed by atoms with Crippen LogP contribution in [0, 0.1) is 5.41 Å². The number of unbranched alkanes of at least 4 members (excludes halogenated alkanes) is 1. The largest absolute Gasteiger partial charge is 0.368 e. The first-order chi connectivity index (χ1) is 12.7. The molecule has 26 heavy (non-hydrogen) atoms. The number of anilines is 2. The van der Waals surface area contributed by atoms with Crippen molar-refractivity contribution in [3.63, 3.8) is 0 Å². The standard InChI is InChI=1S/C18H31N7O/c1-2-3-8-21-18(26)24-17-15(13-19)16(22-14-23-17)20-9-12-25-10-6-4-5-7-11-25/h13-14,19H,2-12H2,1H3,(H3,20,21,22,23,24,26). The Morgan fingerprint density at radius 3 is 2.62 bits per heavy atom. The zero-order valence-electron chi connectivity index (χ0n) is 15.7. The van der Waals surface area contributed by atoms with Crippen molar-refractivity contribution >= 4 is 23.9 Å². The number of carbonyl (C=O) groups excluding carboxylic acids is 1. The summed E-state index contributed by atoms with van der Waals surface area (Å²) in [6, 6.07) is -0.309. The molecule has 0 aromatic carbocycles. The van der Waals surface area contributed by atoms with Crippen molar-refractivity contribution in [1.82, 2.24) is 20.2 Å². The molecule has 2 amide bonds. The molecule has 1 aromatic heterocycles. The average Bonchev–Trinajstić information content (AvgIpc) is 2.91. The molecule has 0 saturated carbocycles. The van der Waals surface area contributed by atoms with Crippen molar-refractivity contribution in [2.24, 2.45) is 0 Å². The lowest BCUT2D eigenvalue weighted by Gasteiger charge is -2.20. The van der Waals surface area contributed by atoms with Crippen LogP contribution in [0.5, 0.6) is 0 Å². The van der Waals surface area contributed by atoms with Crippen LogP contribution in [0.3, 0.4) is 0 Å². The predicted octanol–water partition coefficient (Wildman–Crippen LogP) is 2.68. The highest BCUT2D eigenvalue weighted by Gasteiger charge is 2.13. The second-order valence-electron chi connectivity index (χ2n) is 6.55. The van der Waals surface area contributed by atoms with Crippen LogP contribution in [0.15, 0.2) is 6.33 Å². The van der Waals surface area contributed by atoms with Crippen LogP contribution in [-0.2, 0) is 0 Å². The van der Waals surface area contributed by atoms with Gasteiger partial charge in [0.05, 0.1) is 5.56 Å². The minimum absolute atomic E-state index is 0.309. The molecule has 2 rings (SSSR count). The molecule has 0 unspecified atom stereocenters. The summed E-state index contributed by atoms with van der Waals surface area (Å²) >= 11 is 0. The fourth-order valence-corrected chi connectivity index (χ4v) is 3.00. The molecule has 0 spiro atoms. The van der Waals surface area contributed by atoms with Crippen LogP contribution >= 0.6 is 0 Å². The molecule has 4 N–H and O–H groups in total. The third-order valence-electron chi connectivity index (χ3n) is 4.50. The van der Waals surface area contributed by atoms with E-state index in [4.69, 9.17) is 5.41 Å². The first-order valence-corrected chi connectivity index (χ1v) is 9.61. The van der Waals surface area contributed by atoms with E-state index in [1.165, 1.54) is 38.2 Å². The SMILES string of the molecule is CCCCNC(=O)Nc1ncnc(NCCN2CCCCCC2)c1C=N. The van der Waals surface area contributed by atoms with Crippen molar-refractivity contribution in [1.29, 1.82) is 5.41 Å². The Labute approximate surface area is 155 Å². The summed E-state index contributed by atoms with van der Waals surface area (Å²) in [5.41, 5.74) is 0.494. The van der Waals surface area contributed by atoms with Gasteiger partial charge in [-0.1, -0.05) is 26.2 Å². The summed E-state index contributed by atoms with van der Waals surface area (Å²) in [4.78, 5) is 22.7. The van der Waals surface area contributed by atoms with Crippen LogP contribution in [0.1, 0.15) is 51.0 Å². The summed E-state index contributed by atoms with van der Waals surface area (Å²) in [5, 5.41) is 16.4. The van der Waals surface area contributed by atoms with Gasteiger partial charge < -0.3 is 20.9 Å². The van der Waals surface area contributed by atoms with Gasteiger partial charge in [0.15, 0.2) is 0 Å². The molecule has 8 heteroatoms. The summed E-state index contributed by atoms with van der Waals surface area (Å²) < 4.78 is 0. The Hall–Kier alpha value is -2.22. The number of hydrogen-bond acceptors (Lipinski definition) is 6. The number of rotatable bonds is 9. The van der Waals surface area contributed by atoms with Gasteiger partial charge in [-0.3, -0.25) is 5.32 Å². The molecule has 8 nitrogen and oxygen atoms in total. The van der Waals surface area contributed by atoms with E-state index >= 15 is 0 Å². The third-order valence-corrected chi connectivity index (χ3v) is 4.50. The Bertz CT molecular complexity index is 571. The summed E-state index contributed by atoms with van der Waals surface area (Å²) in [5.74, 6) is 0.926. The van der Waals surface area contributed by atoms with E-state index in [1.54, 1.807) is 0 Å². The van der Waals surface area contributed by atoms with Gasteiger partial charge in [0.1, 0.15) is 18.0 Å². The maximum atomic E-state index is 11.9. The van der Waals surface area contributed by atoms with E-state index in [2.05, 4.69) is 37.7 Å². The Morgan fingerprint density at radius 2 is 1.92 bits per heavy atom. The van der Waals surface area contributed by atoms with Gasteiger partial charge in [0.25, 0.3) is 0 Å². The summed E-state index contributed by atoms with van der Waals surface area (Å²) in [7, 11) is 0. The van der Waals surface area contributed by atoms with Crippen LogP contribution in [0.4, 0.5) is 16.4 Å². The number of amides is 2. The zero-order valence-corrected chi connectivity index (χ0v) is 15.7. The van der Waals surface area contributed by atoms with Gasteiger partial charge in [0.2, 0.25) is 0 Å². The number of likely N-dealkylation sites (tertiary alicyclic amines) is 1. The lowest BCUT2D eigenvalue weighted by Crippen LogP contribution is -2.31. The van der Waals surface area contributed by atoms with E-state index in [1.807, 2.05) is 0 Å².